The molecular formula is C23H20N4O3S. The molecule has 2 aromatic heterocycles. The zero-order chi connectivity index (χ0) is 21.4. The normalized spacial score (nSPS) is 13.9. The van der Waals surface area contributed by atoms with E-state index in [1.54, 1.807) is 16.5 Å². The van der Waals surface area contributed by atoms with Crippen molar-refractivity contribution in [3.63, 3.8) is 0 Å². The molecular weight excluding hydrogens is 412 g/mol. The van der Waals surface area contributed by atoms with Crippen LogP contribution in [0.2, 0.25) is 0 Å². The molecule has 7 nitrogen and oxygen atoms in total. The first-order valence-electron chi connectivity index (χ1n) is 9.97. The molecule has 2 heterocycles. The Morgan fingerprint density at radius 1 is 0.968 bits per heavy atom. The summed E-state index contributed by atoms with van der Waals surface area (Å²) in [5.41, 5.74) is 2.45. The summed E-state index contributed by atoms with van der Waals surface area (Å²) in [5, 5.41) is 2.93. The lowest BCUT2D eigenvalue weighted by molar-refractivity contribution is 0.102. The molecule has 0 spiro atoms. The van der Waals surface area contributed by atoms with Gasteiger partial charge in [0, 0.05) is 23.4 Å². The smallest absolute Gasteiger partial charge is 0.256 e. The predicted molar refractivity (Wildman–Crippen MR) is 118 cm³/mol. The van der Waals surface area contributed by atoms with Gasteiger partial charge in [0.2, 0.25) is 10.0 Å². The number of benzene rings is 2. The molecule has 1 fully saturated rings. The van der Waals surface area contributed by atoms with Crippen molar-refractivity contribution in [1.29, 1.82) is 0 Å². The number of carbonyl (C=O) groups is 1. The summed E-state index contributed by atoms with van der Waals surface area (Å²) in [4.78, 5) is 17.8. The van der Waals surface area contributed by atoms with Crippen molar-refractivity contribution in [2.75, 3.05) is 5.32 Å². The molecule has 156 valence electrons. The number of rotatable bonds is 6. The van der Waals surface area contributed by atoms with Crippen LogP contribution in [0, 0.1) is 0 Å². The van der Waals surface area contributed by atoms with Gasteiger partial charge in [0.15, 0.2) is 0 Å². The van der Waals surface area contributed by atoms with Crippen molar-refractivity contribution in [2.45, 2.75) is 23.8 Å². The molecule has 1 saturated carbocycles. The molecule has 31 heavy (non-hydrogen) atoms. The quantitative estimate of drug-likeness (QED) is 0.486. The van der Waals surface area contributed by atoms with E-state index in [-0.39, 0.29) is 16.5 Å². The van der Waals surface area contributed by atoms with E-state index in [1.165, 1.54) is 12.1 Å². The van der Waals surface area contributed by atoms with Crippen LogP contribution in [-0.4, -0.2) is 29.8 Å². The minimum absolute atomic E-state index is 0.00549. The van der Waals surface area contributed by atoms with E-state index in [1.807, 2.05) is 54.7 Å². The number of fused-ring (bicyclic) bond motifs is 1. The topological polar surface area (TPSA) is 92.6 Å². The van der Waals surface area contributed by atoms with Gasteiger partial charge in [0.1, 0.15) is 17.2 Å². The SMILES string of the molecule is O=C(Nc1c(-c2ccccc2)nc2ccccn12)c1cccc(S(=O)(=O)NC2CC2)c1. The van der Waals surface area contributed by atoms with E-state index in [0.717, 1.165) is 18.4 Å². The Balaban J connectivity index is 1.51. The van der Waals surface area contributed by atoms with Gasteiger partial charge in [-0.3, -0.25) is 9.20 Å². The summed E-state index contributed by atoms with van der Waals surface area (Å²) in [6, 6.07) is 21.2. The molecule has 0 radical (unpaired) electrons. The van der Waals surface area contributed by atoms with Crippen LogP contribution in [0.3, 0.4) is 0 Å². The highest BCUT2D eigenvalue weighted by atomic mass is 32.2. The molecule has 0 saturated heterocycles. The Hall–Kier alpha value is -3.49. The first-order valence-corrected chi connectivity index (χ1v) is 11.5. The first-order chi connectivity index (χ1) is 15.0. The maximum atomic E-state index is 13.1. The molecule has 0 unspecified atom stereocenters. The van der Waals surface area contributed by atoms with Gasteiger partial charge in [-0.2, -0.15) is 0 Å². The standard InChI is InChI=1S/C23H20N4O3S/c28-23(17-9-6-10-19(15-17)31(29,30)26-18-12-13-18)25-22-21(16-7-2-1-3-8-16)24-20-11-4-5-14-27(20)22/h1-11,14-15,18,26H,12-13H2,(H,25,28). The summed E-state index contributed by atoms with van der Waals surface area (Å²) >= 11 is 0. The lowest BCUT2D eigenvalue weighted by Crippen LogP contribution is -2.26. The van der Waals surface area contributed by atoms with E-state index < -0.39 is 15.9 Å². The van der Waals surface area contributed by atoms with Crippen LogP contribution < -0.4 is 10.0 Å². The molecule has 2 aromatic carbocycles. The van der Waals surface area contributed by atoms with Crippen LogP contribution in [0.4, 0.5) is 5.82 Å². The fraction of sp³-hybridized carbons (Fsp3) is 0.130. The Labute approximate surface area is 179 Å². The van der Waals surface area contributed by atoms with Gasteiger partial charge in [-0.15, -0.1) is 0 Å². The number of carbonyl (C=O) groups excluding carboxylic acids is 1. The number of aromatic nitrogens is 2. The van der Waals surface area contributed by atoms with Crippen LogP contribution in [0.5, 0.6) is 0 Å². The van der Waals surface area contributed by atoms with Gasteiger partial charge in [-0.05, 0) is 43.2 Å². The minimum atomic E-state index is -3.65. The van der Waals surface area contributed by atoms with Gasteiger partial charge in [-0.25, -0.2) is 18.1 Å². The number of nitrogens with zero attached hydrogens (tertiary/aromatic N) is 2. The predicted octanol–water partition coefficient (Wildman–Crippen LogP) is 3.69. The summed E-state index contributed by atoms with van der Waals surface area (Å²) in [6.07, 6.45) is 3.51. The Bertz CT molecular complexity index is 1380. The van der Waals surface area contributed by atoms with Crippen molar-refractivity contribution >= 4 is 27.4 Å². The number of amides is 1. The first kappa shape index (κ1) is 19.5. The van der Waals surface area contributed by atoms with Gasteiger partial charge < -0.3 is 5.32 Å². The number of imidazole rings is 1. The fourth-order valence-electron chi connectivity index (χ4n) is 3.39. The van der Waals surface area contributed by atoms with E-state index in [2.05, 4.69) is 15.0 Å². The highest BCUT2D eigenvalue weighted by Gasteiger charge is 2.28. The van der Waals surface area contributed by atoms with Crippen LogP contribution >= 0.6 is 0 Å². The second-order valence-electron chi connectivity index (χ2n) is 7.48. The van der Waals surface area contributed by atoms with E-state index in [9.17, 15) is 13.2 Å². The molecule has 0 atom stereocenters. The molecule has 2 N–H and O–H groups in total. The average Bonchev–Trinajstić information content (AvgIpc) is 3.53. The molecule has 8 heteroatoms. The Morgan fingerprint density at radius 3 is 2.52 bits per heavy atom. The molecule has 1 aliphatic rings. The lowest BCUT2D eigenvalue weighted by atomic mass is 10.1. The average molecular weight is 433 g/mol. The number of pyridine rings is 1. The summed E-state index contributed by atoms with van der Waals surface area (Å²) in [6.45, 7) is 0. The van der Waals surface area contributed by atoms with Crippen molar-refractivity contribution in [3.05, 3.63) is 84.6 Å². The van der Waals surface area contributed by atoms with Crippen molar-refractivity contribution in [1.82, 2.24) is 14.1 Å². The molecule has 0 aliphatic heterocycles. The van der Waals surface area contributed by atoms with E-state index in [4.69, 9.17) is 0 Å². The number of hydrogen-bond acceptors (Lipinski definition) is 4. The lowest BCUT2D eigenvalue weighted by Gasteiger charge is -2.10. The maximum absolute atomic E-state index is 13.1. The second kappa shape index (κ2) is 7.64. The maximum Gasteiger partial charge on any atom is 0.256 e. The zero-order valence-electron chi connectivity index (χ0n) is 16.5. The van der Waals surface area contributed by atoms with Gasteiger partial charge in [0.25, 0.3) is 5.91 Å². The highest BCUT2D eigenvalue weighted by molar-refractivity contribution is 7.89. The molecule has 4 aromatic rings. The minimum Gasteiger partial charge on any atom is -0.306 e. The van der Waals surface area contributed by atoms with E-state index >= 15 is 0 Å². The van der Waals surface area contributed by atoms with E-state index in [0.29, 0.717) is 17.2 Å². The summed E-state index contributed by atoms with van der Waals surface area (Å²) < 4.78 is 29.5. The zero-order valence-corrected chi connectivity index (χ0v) is 17.3. The van der Waals surface area contributed by atoms with Gasteiger partial charge >= 0.3 is 0 Å². The monoisotopic (exact) mass is 432 g/mol. The van der Waals surface area contributed by atoms with Crippen LogP contribution in [0.1, 0.15) is 23.2 Å². The Morgan fingerprint density at radius 2 is 1.74 bits per heavy atom. The number of sulfonamides is 1. The number of hydrogen-bond donors (Lipinski definition) is 2. The molecule has 0 bridgehead atoms. The summed E-state index contributed by atoms with van der Waals surface area (Å²) in [5.74, 6) is 0.113. The van der Waals surface area contributed by atoms with Gasteiger partial charge in [0.05, 0.1) is 4.90 Å². The van der Waals surface area contributed by atoms with Crippen LogP contribution in [0.15, 0.2) is 83.9 Å². The van der Waals surface area contributed by atoms with Crippen molar-refractivity contribution < 1.29 is 13.2 Å². The third kappa shape index (κ3) is 3.95. The van der Waals surface area contributed by atoms with Gasteiger partial charge in [-0.1, -0.05) is 42.5 Å². The summed E-state index contributed by atoms with van der Waals surface area (Å²) in [7, 11) is -3.65. The van der Waals surface area contributed by atoms with Crippen molar-refractivity contribution in [2.24, 2.45) is 0 Å². The van der Waals surface area contributed by atoms with Crippen LogP contribution in [0.25, 0.3) is 16.9 Å². The molecule has 1 aliphatic carbocycles. The number of anilines is 1. The highest BCUT2D eigenvalue weighted by Crippen LogP contribution is 2.29. The second-order valence-corrected chi connectivity index (χ2v) is 9.20. The van der Waals surface area contributed by atoms with Crippen molar-refractivity contribution in [3.8, 4) is 11.3 Å². The number of nitrogens with one attached hydrogen (secondary N) is 2. The Kier molecular flexibility index (Phi) is 4.80. The molecule has 5 rings (SSSR count). The fourth-order valence-corrected chi connectivity index (χ4v) is 4.74. The third-order valence-corrected chi connectivity index (χ3v) is 6.63. The molecule has 1 amide bonds. The largest absolute Gasteiger partial charge is 0.306 e. The third-order valence-electron chi connectivity index (χ3n) is 5.11. The van der Waals surface area contributed by atoms with Crippen LogP contribution in [-0.2, 0) is 10.0 Å².